The van der Waals surface area contributed by atoms with Gasteiger partial charge in [-0.05, 0) is 31.1 Å². The summed E-state index contributed by atoms with van der Waals surface area (Å²) in [5.41, 5.74) is 0.116. The van der Waals surface area contributed by atoms with E-state index in [4.69, 9.17) is 12.2 Å². The number of hydrogen-bond acceptors (Lipinski definition) is 8. The Morgan fingerprint density at radius 3 is 2.65 bits per heavy atom. The highest BCUT2D eigenvalue weighted by atomic mass is 32.1. The lowest BCUT2D eigenvalue weighted by molar-refractivity contribution is -0.312. The van der Waals surface area contributed by atoms with Crippen LogP contribution in [0.2, 0.25) is 0 Å². The number of nitrogens with zero attached hydrogens (tertiary/aromatic N) is 2. The maximum atomic E-state index is 12.3. The van der Waals surface area contributed by atoms with Crippen LogP contribution in [0.15, 0.2) is 29.3 Å². The van der Waals surface area contributed by atoms with E-state index < -0.39 is 36.2 Å². The highest BCUT2D eigenvalue weighted by molar-refractivity contribution is 7.73. The highest BCUT2D eigenvalue weighted by Crippen LogP contribution is 2.35. The fourth-order valence-corrected chi connectivity index (χ4v) is 4.14. The van der Waals surface area contributed by atoms with E-state index in [0.717, 1.165) is 15.9 Å². The summed E-state index contributed by atoms with van der Waals surface area (Å²) in [4.78, 5) is 38.3. The zero-order chi connectivity index (χ0) is 19.0. The number of para-hydroxylation sites is 1. The van der Waals surface area contributed by atoms with Gasteiger partial charge in [-0.15, -0.1) is 11.3 Å². The largest absolute Gasteiger partial charge is 0.550 e. The van der Waals surface area contributed by atoms with Crippen LogP contribution in [0.5, 0.6) is 5.88 Å². The molecule has 0 radical (unpaired) electrons. The van der Waals surface area contributed by atoms with Gasteiger partial charge < -0.3 is 24.9 Å². The first-order valence-electron chi connectivity index (χ1n) is 7.39. The van der Waals surface area contributed by atoms with Crippen LogP contribution in [0.3, 0.4) is 0 Å². The van der Waals surface area contributed by atoms with Crippen LogP contribution in [0.25, 0.3) is 5.57 Å². The van der Waals surface area contributed by atoms with Crippen molar-refractivity contribution in [2.24, 2.45) is 4.99 Å². The van der Waals surface area contributed by atoms with E-state index in [1.165, 1.54) is 0 Å². The molecule has 1 aromatic heterocycles. The van der Waals surface area contributed by atoms with Crippen molar-refractivity contribution in [1.29, 1.82) is 0 Å². The van der Waals surface area contributed by atoms with E-state index in [-0.39, 0.29) is 20.8 Å². The molecule has 2 aromatic rings. The predicted molar refractivity (Wildman–Crippen MR) is 87.8 cm³/mol. The number of rotatable bonds is 6. The molecule has 134 valence electrons. The van der Waals surface area contributed by atoms with Crippen molar-refractivity contribution < 1.29 is 29.7 Å². The second kappa shape index (κ2) is 6.81. The molecule has 1 aliphatic heterocycles. The van der Waals surface area contributed by atoms with Gasteiger partial charge in [0.25, 0.3) is 5.91 Å². The number of carboxylic acids is 2. The minimum atomic E-state index is -1.60. The molecule has 2 heterocycles. The normalized spacial score (nSPS) is 14.0. The van der Waals surface area contributed by atoms with E-state index >= 15 is 0 Å². The molecular weight excluding hydrogens is 380 g/mol. The molecule has 3 rings (SSSR count). The molecule has 0 bridgehead atoms. The number of carboxylic acid groups (broad SMARTS) is 2. The molecule has 0 saturated carbocycles. The molecule has 10 heteroatoms. The fraction of sp³-hybridized carbons (Fsp3) is 0.188. The third-order valence-corrected chi connectivity index (χ3v) is 5.27. The summed E-state index contributed by atoms with van der Waals surface area (Å²) < 4.78 is 0.851. The van der Waals surface area contributed by atoms with Crippen LogP contribution in [-0.4, -0.2) is 27.5 Å². The van der Waals surface area contributed by atoms with Crippen LogP contribution in [-0.2, 0) is 14.4 Å². The van der Waals surface area contributed by atoms with Gasteiger partial charge in [-0.1, -0.05) is 18.2 Å². The minimum Gasteiger partial charge on any atom is -0.550 e. The average Bonchev–Trinajstić information content (AvgIpc) is 3.04. The van der Waals surface area contributed by atoms with Gasteiger partial charge in [-0.2, -0.15) is 0 Å². The van der Waals surface area contributed by atoms with Gasteiger partial charge in [0.15, 0.2) is 3.95 Å². The SMILES string of the molecule is O=C([O-])CC[C@@H](C(=O)[O-])n1c(O)c(C2=c3ccccc3=NC2=O)sc1=S. The molecule has 0 spiro atoms. The second-order valence-electron chi connectivity index (χ2n) is 5.45. The topological polar surface area (TPSA) is 135 Å². The van der Waals surface area contributed by atoms with E-state index in [9.17, 15) is 29.7 Å². The van der Waals surface area contributed by atoms with Gasteiger partial charge in [0.05, 0.1) is 22.9 Å². The van der Waals surface area contributed by atoms with Crippen molar-refractivity contribution in [3.05, 3.63) is 43.7 Å². The molecule has 8 nitrogen and oxygen atoms in total. The van der Waals surface area contributed by atoms with E-state index in [2.05, 4.69) is 4.99 Å². The Kier molecular flexibility index (Phi) is 4.70. The zero-order valence-electron chi connectivity index (χ0n) is 13.0. The molecule has 1 N–H and O–H groups in total. The fourth-order valence-electron chi connectivity index (χ4n) is 2.71. The Morgan fingerprint density at radius 2 is 2.00 bits per heavy atom. The molecule has 0 saturated heterocycles. The first-order chi connectivity index (χ1) is 12.3. The van der Waals surface area contributed by atoms with Crippen molar-refractivity contribution in [1.82, 2.24) is 4.57 Å². The van der Waals surface area contributed by atoms with Crippen molar-refractivity contribution in [2.75, 3.05) is 0 Å². The van der Waals surface area contributed by atoms with Gasteiger partial charge in [0.2, 0.25) is 5.88 Å². The number of aromatic hydroxyl groups is 1. The summed E-state index contributed by atoms with van der Waals surface area (Å²) in [5, 5.41) is 33.5. The van der Waals surface area contributed by atoms with Crippen LogP contribution in [0.1, 0.15) is 23.8 Å². The molecule has 26 heavy (non-hydrogen) atoms. The summed E-state index contributed by atoms with van der Waals surface area (Å²) in [6, 6.07) is 5.19. The Morgan fingerprint density at radius 1 is 1.31 bits per heavy atom. The van der Waals surface area contributed by atoms with Gasteiger partial charge in [-0.25, -0.2) is 4.99 Å². The Labute approximate surface area is 155 Å². The smallest absolute Gasteiger partial charge is 0.279 e. The number of carbonyl (C=O) groups is 3. The first kappa shape index (κ1) is 18.0. The summed E-state index contributed by atoms with van der Waals surface area (Å²) in [6.45, 7) is 0. The lowest BCUT2D eigenvalue weighted by Crippen LogP contribution is -2.34. The van der Waals surface area contributed by atoms with Crippen molar-refractivity contribution in [3.63, 3.8) is 0 Å². The monoisotopic (exact) mass is 390 g/mol. The molecular formula is C16H10N2O6S2-2. The molecule has 0 aliphatic carbocycles. The molecule has 1 amide bonds. The van der Waals surface area contributed by atoms with E-state index in [1.54, 1.807) is 24.3 Å². The quantitative estimate of drug-likeness (QED) is 0.573. The molecule has 0 fully saturated rings. The second-order valence-corrected chi connectivity index (χ2v) is 7.09. The molecule has 1 atom stereocenters. The Hall–Kier alpha value is -2.85. The Bertz CT molecular complexity index is 1110. The van der Waals surface area contributed by atoms with Gasteiger partial charge in [0.1, 0.15) is 4.88 Å². The number of hydrogen-bond donors (Lipinski definition) is 1. The van der Waals surface area contributed by atoms with Crippen molar-refractivity contribution >= 4 is 47.0 Å². The number of aliphatic carboxylic acids is 2. The molecule has 0 unspecified atom stereocenters. The lowest BCUT2D eigenvalue weighted by atomic mass is 10.1. The number of carbonyl (C=O) groups excluding carboxylic acids is 3. The van der Waals surface area contributed by atoms with Gasteiger partial charge in [0, 0.05) is 11.2 Å². The lowest BCUT2D eigenvalue weighted by Gasteiger charge is -2.20. The summed E-state index contributed by atoms with van der Waals surface area (Å²) >= 11 is 5.96. The van der Waals surface area contributed by atoms with Crippen LogP contribution < -0.4 is 20.8 Å². The average molecular weight is 390 g/mol. The third kappa shape index (κ3) is 3.04. The molecule has 1 aliphatic rings. The van der Waals surface area contributed by atoms with Crippen molar-refractivity contribution in [2.45, 2.75) is 18.9 Å². The predicted octanol–water partition coefficient (Wildman–Crippen LogP) is -1.84. The maximum absolute atomic E-state index is 12.3. The van der Waals surface area contributed by atoms with Crippen LogP contribution in [0, 0.1) is 3.95 Å². The number of benzene rings is 1. The first-order valence-corrected chi connectivity index (χ1v) is 8.61. The third-order valence-electron chi connectivity index (χ3n) is 3.86. The van der Waals surface area contributed by atoms with Gasteiger partial charge in [-0.3, -0.25) is 9.36 Å². The zero-order valence-corrected chi connectivity index (χ0v) is 14.6. The van der Waals surface area contributed by atoms with Crippen LogP contribution >= 0.6 is 23.6 Å². The summed E-state index contributed by atoms with van der Waals surface area (Å²) in [5.74, 6) is -4.16. The summed E-state index contributed by atoms with van der Waals surface area (Å²) in [6.07, 6.45) is -0.939. The van der Waals surface area contributed by atoms with Crippen LogP contribution in [0.4, 0.5) is 0 Å². The molecule has 1 aromatic carbocycles. The standard InChI is InChI=1S/C16H12N2O6S2/c19-10(20)6-5-9(15(23)24)18-14(22)12(26-16(18)25)11-7-3-1-2-4-8(7)17-13(11)21/h1-4,9,22H,5-6H2,(H,19,20)(H,23,24)/p-2/t9-/m0/s1. The Balaban J connectivity index is 2.17. The maximum Gasteiger partial charge on any atom is 0.279 e. The van der Waals surface area contributed by atoms with Crippen molar-refractivity contribution in [3.8, 4) is 5.88 Å². The van der Waals surface area contributed by atoms with E-state index in [1.807, 2.05) is 0 Å². The summed E-state index contributed by atoms with van der Waals surface area (Å²) in [7, 11) is 0. The van der Waals surface area contributed by atoms with E-state index in [0.29, 0.717) is 10.6 Å². The number of fused-ring (bicyclic) bond motifs is 1. The van der Waals surface area contributed by atoms with Gasteiger partial charge >= 0.3 is 0 Å². The highest BCUT2D eigenvalue weighted by Gasteiger charge is 2.27. The number of thiazole rings is 1. The number of aromatic nitrogens is 1. The minimum absolute atomic E-state index is 0.0327. The number of amides is 1.